The van der Waals surface area contributed by atoms with Crippen molar-refractivity contribution >= 4 is 12.2 Å². The van der Waals surface area contributed by atoms with Gasteiger partial charge in [-0.1, -0.05) is 0 Å². The van der Waals surface area contributed by atoms with E-state index in [-0.39, 0.29) is 74.5 Å². The Kier molecular flexibility index (Phi) is 1680. The van der Waals surface area contributed by atoms with Crippen molar-refractivity contribution in [2.24, 2.45) is 0 Å². The first-order chi connectivity index (χ1) is 2.83. The molecule has 4 nitrogen and oxygen atoms in total. The van der Waals surface area contributed by atoms with Crippen LogP contribution in [0.15, 0.2) is 0 Å². The van der Waals surface area contributed by atoms with Crippen molar-refractivity contribution in [3.63, 3.8) is 0 Å². The van der Waals surface area contributed by atoms with Crippen LogP contribution in [0.4, 0.5) is 0 Å². The minimum absolute atomic E-state index is 0. The van der Waals surface area contributed by atoms with Gasteiger partial charge in [-0.25, -0.2) is 0 Å². The summed E-state index contributed by atoms with van der Waals surface area (Å²) in [5, 5.41) is 13.5. The van der Waals surface area contributed by atoms with E-state index in [1.54, 1.807) is 0 Å². The number of hydrogen-bond donors (Lipinski definition) is 0. The summed E-state index contributed by atoms with van der Waals surface area (Å²) in [7, 11) is 0. The van der Waals surface area contributed by atoms with Crippen LogP contribution in [0.5, 0.6) is 0 Å². The number of rotatable bonds is 0. The number of hydrogen-bond acceptors (Lipinski definition) is 2. The molecule has 0 bridgehead atoms. The van der Waals surface area contributed by atoms with Gasteiger partial charge in [-0.2, -0.15) is 0 Å². The molecule has 0 aliphatic rings. The standard InChI is InChI=1S/2CNO.4CH3.2Au/c2*2-1-3;;;;;;/h;;4*1H3;;/q6*-1;2*+3. The van der Waals surface area contributed by atoms with Crippen LogP contribution in [-0.4, -0.2) is 12.2 Å². The molecule has 0 aliphatic carbocycles. The summed E-state index contributed by atoms with van der Waals surface area (Å²) in [6.45, 7) is 0. The number of nitrogens with zero attached hydrogens (tertiary/aromatic N) is 2. The molecule has 0 saturated carbocycles. The third-order valence-electron chi connectivity index (χ3n) is 0. The monoisotopic (exact) mass is 538 g/mol. The van der Waals surface area contributed by atoms with Gasteiger partial charge in [0.1, 0.15) is 0 Å². The molecule has 0 rings (SSSR count). The SMILES string of the molecule is [Au+3].[Au+3].[CH3-].[CH3-].[CH3-].[CH3-].[N-]=C=O.[N-]=C=O. The molecule has 0 N–H and O–H groups in total. The molecule has 0 fully saturated rings. The van der Waals surface area contributed by atoms with Gasteiger partial charge in [-0.05, 0) is 12.2 Å². The van der Waals surface area contributed by atoms with Gasteiger partial charge in [0.15, 0.2) is 0 Å². The first kappa shape index (κ1) is 86.0. The first-order valence-electron chi connectivity index (χ1n) is 0.855. The molecule has 0 spiro atoms. The van der Waals surface area contributed by atoms with Crippen LogP contribution in [-0.2, 0) is 54.3 Å². The van der Waals surface area contributed by atoms with Gasteiger partial charge in [0.25, 0.3) is 0 Å². The third kappa shape index (κ3) is 15100. The topological polar surface area (TPSA) is 78.7 Å². The van der Waals surface area contributed by atoms with Gasteiger partial charge in [0, 0.05) is 0 Å². The Balaban J connectivity index is -0.00000000296. The fraction of sp³-hybridized carbons (Fsp3) is 0. The maximum atomic E-state index is 8.24. The fourth-order valence-corrected chi connectivity index (χ4v) is 0. The van der Waals surface area contributed by atoms with Crippen LogP contribution in [0, 0.1) is 29.7 Å². The smallest absolute Gasteiger partial charge is 0.724 e. The van der Waals surface area contributed by atoms with Crippen molar-refractivity contribution < 1.29 is 54.3 Å². The van der Waals surface area contributed by atoms with Crippen molar-refractivity contribution in [3.8, 4) is 0 Å². The summed E-state index contributed by atoms with van der Waals surface area (Å²) in [5.41, 5.74) is 0. The zero-order valence-corrected chi connectivity index (χ0v) is 11.6. The summed E-state index contributed by atoms with van der Waals surface area (Å²) in [5.74, 6) is 0. The van der Waals surface area contributed by atoms with Crippen molar-refractivity contribution in [3.05, 3.63) is 40.5 Å². The molecule has 12 heavy (non-hydrogen) atoms. The Bertz CT molecular complexity index is 75.5. The van der Waals surface area contributed by atoms with E-state index in [2.05, 4.69) is 0 Å². The molecule has 0 atom stereocenters. The molecule has 0 aromatic carbocycles. The molecule has 0 unspecified atom stereocenters. The van der Waals surface area contributed by atoms with Gasteiger partial charge in [0.2, 0.25) is 0 Å². The summed E-state index contributed by atoms with van der Waals surface area (Å²) < 4.78 is 0. The molecule has 0 aliphatic heterocycles. The van der Waals surface area contributed by atoms with Gasteiger partial charge in [0.05, 0.1) is 0 Å². The van der Waals surface area contributed by atoms with Crippen LogP contribution in [0.25, 0.3) is 10.8 Å². The maximum absolute atomic E-state index is 8.24. The molecule has 80 valence electrons. The third-order valence-corrected chi connectivity index (χ3v) is 0. The normalized spacial score (nSPS) is 1.33. The van der Waals surface area contributed by atoms with E-state index in [9.17, 15) is 0 Å². The van der Waals surface area contributed by atoms with E-state index >= 15 is 0 Å². The molecule has 0 aromatic heterocycles. The van der Waals surface area contributed by atoms with Gasteiger partial charge in [-0.3, -0.25) is 9.59 Å². The predicted octanol–water partition coefficient (Wildman–Crippen LogP) is 1.58. The maximum Gasteiger partial charge on any atom is 3.00 e. The number of carbonyl (C=O) groups excluding carboxylic acids is 2. The van der Waals surface area contributed by atoms with Crippen molar-refractivity contribution in [1.29, 1.82) is 0 Å². The Labute approximate surface area is 107 Å². The molecular formula is C6H12Au2N2O2. The molecule has 0 amide bonds. The van der Waals surface area contributed by atoms with E-state index in [4.69, 9.17) is 20.4 Å². The molecule has 6 heteroatoms. The van der Waals surface area contributed by atoms with Crippen molar-refractivity contribution in [1.82, 2.24) is 0 Å². The summed E-state index contributed by atoms with van der Waals surface area (Å²) in [4.78, 5) is 16.5. The second-order valence-corrected chi connectivity index (χ2v) is 0.183. The first-order valence-corrected chi connectivity index (χ1v) is 0.855. The van der Waals surface area contributed by atoms with Crippen LogP contribution < -0.4 is 0 Å². The van der Waals surface area contributed by atoms with Crippen LogP contribution >= 0.6 is 0 Å². The van der Waals surface area contributed by atoms with Gasteiger partial charge < -0.3 is 40.5 Å². The summed E-state index contributed by atoms with van der Waals surface area (Å²) in [6, 6.07) is 0. The Morgan fingerprint density at radius 3 is 0.667 bits per heavy atom. The zero-order valence-electron chi connectivity index (χ0n) is 7.31. The minimum atomic E-state index is 0. The molecule has 0 radical (unpaired) electrons. The van der Waals surface area contributed by atoms with E-state index in [1.807, 2.05) is 0 Å². The molecule has 0 heterocycles. The van der Waals surface area contributed by atoms with E-state index in [0.717, 1.165) is 0 Å². The zero-order chi connectivity index (χ0) is 5.41. The van der Waals surface area contributed by atoms with Crippen LogP contribution in [0.3, 0.4) is 0 Å². The van der Waals surface area contributed by atoms with Crippen molar-refractivity contribution in [2.75, 3.05) is 0 Å². The second-order valence-electron chi connectivity index (χ2n) is 0.183. The Morgan fingerprint density at radius 1 is 0.667 bits per heavy atom. The fourth-order valence-electron chi connectivity index (χ4n) is 0. The molecule has 0 aromatic rings. The van der Waals surface area contributed by atoms with Crippen molar-refractivity contribution in [2.45, 2.75) is 0 Å². The predicted molar refractivity (Wildman–Crippen MR) is 43.8 cm³/mol. The largest absolute Gasteiger partial charge is 3.00 e. The van der Waals surface area contributed by atoms with E-state index < -0.39 is 0 Å². The molecule has 0 saturated heterocycles. The van der Waals surface area contributed by atoms with Crippen LogP contribution in [0.1, 0.15) is 0 Å². The minimum Gasteiger partial charge on any atom is -0.724 e. The average molecular weight is 538 g/mol. The number of isocyanates is 2. The second kappa shape index (κ2) is 235. The Morgan fingerprint density at radius 2 is 0.667 bits per heavy atom. The summed E-state index contributed by atoms with van der Waals surface area (Å²) in [6.07, 6.45) is 1.00. The van der Waals surface area contributed by atoms with Crippen LogP contribution in [0.2, 0.25) is 0 Å². The molecular weight excluding hydrogens is 526 g/mol. The quantitative estimate of drug-likeness (QED) is 0.203. The van der Waals surface area contributed by atoms with E-state index in [0.29, 0.717) is 12.2 Å². The van der Waals surface area contributed by atoms with Gasteiger partial charge in [-0.15, -0.1) is 0 Å². The van der Waals surface area contributed by atoms with E-state index in [1.165, 1.54) is 0 Å². The average Bonchev–Trinajstić information content (AvgIpc) is 1.39. The van der Waals surface area contributed by atoms with Gasteiger partial charge >= 0.3 is 44.8 Å². The summed E-state index contributed by atoms with van der Waals surface area (Å²) >= 11 is 0. The Hall–Kier alpha value is 0.241.